The fourth-order valence-corrected chi connectivity index (χ4v) is 3.06. The Morgan fingerprint density at radius 3 is 2.32 bits per heavy atom. The third-order valence-corrected chi connectivity index (χ3v) is 4.57. The van der Waals surface area contributed by atoms with Crippen molar-refractivity contribution in [2.24, 2.45) is 0 Å². The van der Waals surface area contributed by atoms with Crippen LogP contribution in [0.1, 0.15) is 66.9 Å². The molecule has 2 nitrogen and oxygen atoms in total. The quantitative estimate of drug-likeness (QED) is 0.352. The van der Waals surface area contributed by atoms with Crippen LogP contribution in [0.2, 0.25) is 5.02 Å². The van der Waals surface area contributed by atoms with Crippen LogP contribution in [0.15, 0.2) is 42.5 Å². The summed E-state index contributed by atoms with van der Waals surface area (Å²) >= 11 is 6.19. The first kappa shape index (κ1) is 19.5. The zero-order valence-corrected chi connectivity index (χ0v) is 15.9. The summed E-state index contributed by atoms with van der Waals surface area (Å²) in [5.41, 5.74) is 2.20. The van der Waals surface area contributed by atoms with Gasteiger partial charge in [0, 0.05) is 11.1 Å². The van der Waals surface area contributed by atoms with E-state index in [1.54, 1.807) is 18.2 Å². The van der Waals surface area contributed by atoms with E-state index in [9.17, 15) is 4.79 Å². The van der Waals surface area contributed by atoms with Crippen LogP contribution < -0.4 is 4.74 Å². The van der Waals surface area contributed by atoms with Gasteiger partial charge in [-0.25, -0.2) is 0 Å². The number of carbonyl (C=O) groups excluding carboxylic acids is 1. The number of carbonyl (C=O) groups is 1. The Bertz CT molecular complexity index is 677. The van der Waals surface area contributed by atoms with Gasteiger partial charge in [-0.05, 0) is 55.3 Å². The summed E-state index contributed by atoms with van der Waals surface area (Å²) in [7, 11) is 0. The molecule has 0 aromatic heterocycles. The van der Waals surface area contributed by atoms with Gasteiger partial charge in [-0.15, -0.1) is 0 Å². The number of unbranched alkanes of at least 4 members (excludes halogenated alkanes) is 5. The van der Waals surface area contributed by atoms with E-state index in [0.29, 0.717) is 16.1 Å². The topological polar surface area (TPSA) is 26.3 Å². The molecule has 25 heavy (non-hydrogen) atoms. The van der Waals surface area contributed by atoms with Crippen molar-refractivity contribution in [3.8, 4) is 5.75 Å². The Morgan fingerprint density at radius 1 is 0.960 bits per heavy atom. The number of halogens is 1. The Hall–Kier alpha value is -1.80. The van der Waals surface area contributed by atoms with Crippen LogP contribution in [0.25, 0.3) is 0 Å². The Balaban J connectivity index is 1.84. The molecule has 0 saturated carbocycles. The van der Waals surface area contributed by atoms with E-state index in [1.165, 1.54) is 32.1 Å². The minimum absolute atomic E-state index is 0.0625. The van der Waals surface area contributed by atoms with Crippen molar-refractivity contribution in [2.75, 3.05) is 6.61 Å². The monoisotopic (exact) mass is 358 g/mol. The van der Waals surface area contributed by atoms with Crippen LogP contribution in [0, 0.1) is 6.92 Å². The van der Waals surface area contributed by atoms with E-state index >= 15 is 0 Å². The van der Waals surface area contributed by atoms with Gasteiger partial charge in [0.15, 0.2) is 5.78 Å². The van der Waals surface area contributed by atoms with Gasteiger partial charge in [0.1, 0.15) is 5.75 Å². The van der Waals surface area contributed by atoms with Gasteiger partial charge in [-0.3, -0.25) is 4.79 Å². The van der Waals surface area contributed by atoms with Gasteiger partial charge < -0.3 is 4.74 Å². The molecule has 0 fully saturated rings. The largest absolute Gasteiger partial charge is 0.494 e. The summed E-state index contributed by atoms with van der Waals surface area (Å²) in [5, 5.41) is 0.494. The van der Waals surface area contributed by atoms with Crippen LogP contribution in [-0.2, 0) is 0 Å². The Labute approximate surface area is 156 Å². The molecular formula is C22H27ClO2. The fraction of sp³-hybridized carbons (Fsp3) is 0.409. The second-order valence-corrected chi connectivity index (χ2v) is 6.86. The number of benzene rings is 2. The van der Waals surface area contributed by atoms with Crippen LogP contribution in [-0.4, -0.2) is 12.4 Å². The minimum Gasteiger partial charge on any atom is -0.494 e. The summed E-state index contributed by atoms with van der Waals surface area (Å²) in [5.74, 6) is 0.743. The Morgan fingerprint density at radius 2 is 1.64 bits per heavy atom. The molecular weight excluding hydrogens is 332 g/mol. The van der Waals surface area contributed by atoms with Crippen molar-refractivity contribution in [1.82, 2.24) is 0 Å². The molecule has 2 aromatic carbocycles. The smallest absolute Gasteiger partial charge is 0.194 e. The zero-order valence-electron chi connectivity index (χ0n) is 15.2. The SMILES string of the molecule is CCCCCCCCOc1ccc(C(=O)c2ccc(C)cc2Cl)cc1. The van der Waals surface area contributed by atoms with Crippen LogP contribution in [0.5, 0.6) is 5.75 Å². The standard InChI is InChI=1S/C22H27ClO2/c1-3-4-5-6-7-8-15-25-19-12-10-18(11-13-19)22(24)20-14-9-17(2)16-21(20)23/h9-14,16H,3-8,15H2,1-2H3. The van der Waals surface area contributed by atoms with Gasteiger partial charge in [-0.1, -0.05) is 56.7 Å². The molecule has 0 N–H and O–H groups in total. The first-order valence-electron chi connectivity index (χ1n) is 9.15. The molecule has 0 heterocycles. The van der Waals surface area contributed by atoms with Crippen molar-refractivity contribution >= 4 is 17.4 Å². The van der Waals surface area contributed by atoms with Crippen molar-refractivity contribution in [2.45, 2.75) is 52.4 Å². The van der Waals surface area contributed by atoms with E-state index < -0.39 is 0 Å². The lowest BCUT2D eigenvalue weighted by Gasteiger charge is -2.08. The number of ketones is 1. The van der Waals surface area contributed by atoms with Gasteiger partial charge in [-0.2, -0.15) is 0 Å². The first-order valence-corrected chi connectivity index (χ1v) is 9.53. The third-order valence-electron chi connectivity index (χ3n) is 4.25. The summed E-state index contributed by atoms with van der Waals surface area (Å²) in [6.07, 6.45) is 7.47. The average molecular weight is 359 g/mol. The highest BCUT2D eigenvalue weighted by Crippen LogP contribution is 2.22. The molecule has 0 radical (unpaired) electrons. The van der Waals surface area contributed by atoms with Crippen LogP contribution in [0.4, 0.5) is 0 Å². The number of aryl methyl sites for hydroxylation is 1. The molecule has 2 aromatic rings. The Kier molecular flexibility index (Phi) is 8.00. The predicted octanol–water partition coefficient (Wildman–Crippen LogP) is 6.62. The fourth-order valence-electron chi connectivity index (χ4n) is 2.73. The normalized spacial score (nSPS) is 10.7. The summed E-state index contributed by atoms with van der Waals surface area (Å²) in [6, 6.07) is 12.8. The van der Waals surface area contributed by atoms with Gasteiger partial charge in [0.25, 0.3) is 0 Å². The molecule has 0 aliphatic rings. The maximum absolute atomic E-state index is 12.5. The zero-order chi connectivity index (χ0) is 18.1. The lowest BCUT2D eigenvalue weighted by molar-refractivity contribution is 0.103. The van der Waals surface area contributed by atoms with Crippen molar-refractivity contribution in [3.63, 3.8) is 0 Å². The summed E-state index contributed by atoms with van der Waals surface area (Å²) in [6.45, 7) is 4.91. The molecule has 0 unspecified atom stereocenters. The van der Waals surface area contributed by atoms with E-state index in [2.05, 4.69) is 6.92 Å². The third kappa shape index (κ3) is 6.21. The summed E-state index contributed by atoms with van der Waals surface area (Å²) < 4.78 is 5.76. The molecule has 0 atom stereocenters. The van der Waals surface area contributed by atoms with Crippen molar-refractivity contribution in [3.05, 3.63) is 64.2 Å². The number of rotatable bonds is 10. The predicted molar refractivity (Wildman–Crippen MR) is 105 cm³/mol. The molecule has 2 rings (SSSR count). The maximum atomic E-state index is 12.5. The highest BCUT2D eigenvalue weighted by molar-refractivity contribution is 6.35. The molecule has 3 heteroatoms. The molecule has 0 spiro atoms. The highest BCUT2D eigenvalue weighted by atomic mass is 35.5. The lowest BCUT2D eigenvalue weighted by atomic mass is 10.0. The van der Waals surface area contributed by atoms with Crippen molar-refractivity contribution in [1.29, 1.82) is 0 Å². The molecule has 0 aliphatic carbocycles. The number of hydrogen-bond donors (Lipinski definition) is 0. The average Bonchev–Trinajstić information content (AvgIpc) is 2.61. The second kappa shape index (κ2) is 10.2. The first-order chi connectivity index (χ1) is 12.1. The summed E-state index contributed by atoms with van der Waals surface area (Å²) in [4.78, 5) is 12.5. The molecule has 0 aliphatic heterocycles. The van der Waals surface area contributed by atoms with Crippen LogP contribution in [0.3, 0.4) is 0 Å². The molecule has 0 amide bonds. The van der Waals surface area contributed by atoms with Gasteiger partial charge in [0.05, 0.1) is 11.6 Å². The number of ether oxygens (including phenoxy) is 1. The minimum atomic E-state index is -0.0625. The lowest BCUT2D eigenvalue weighted by Crippen LogP contribution is -2.03. The maximum Gasteiger partial charge on any atom is 0.194 e. The molecule has 0 bridgehead atoms. The highest BCUT2D eigenvalue weighted by Gasteiger charge is 2.12. The van der Waals surface area contributed by atoms with E-state index in [0.717, 1.165) is 24.3 Å². The van der Waals surface area contributed by atoms with E-state index in [1.807, 2.05) is 31.2 Å². The second-order valence-electron chi connectivity index (χ2n) is 6.45. The number of hydrogen-bond acceptors (Lipinski definition) is 2. The van der Waals surface area contributed by atoms with Gasteiger partial charge in [0.2, 0.25) is 0 Å². The van der Waals surface area contributed by atoms with Crippen molar-refractivity contribution < 1.29 is 9.53 Å². The molecule has 134 valence electrons. The van der Waals surface area contributed by atoms with E-state index in [-0.39, 0.29) is 5.78 Å². The van der Waals surface area contributed by atoms with Gasteiger partial charge >= 0.3 is 0 Å². The molecule has 0 saturated heterocycles. The van der Waals surface area contributed by atoms with Crippen LogP contribution >= 0.6 is 11.6 Å². The van der Waals surface area contributed by atoms with E-state index in [4.69, 9.17) is 16.3 Å².